The third-order valence-electron chi connectivity index (χ3n) is 1.01. The van der Waals surface area contributed by atoms with E-state index in [1.807, 2.05) is 0 Å². The van der Waals surface area contributed by atoms with E-state index >= 15 is 0 Å². The summed E-state index contributed by atoms with van der Waals surface area (Å²) in [6.07, 6.45) is 0. The second-order valence-electron chi connectivity index (χ2n) is 3.37. The largest absolute Gasteiger partial charge is 0.501 e. The van der Waals surface area contributed by atoms with E-state index in [-0.39, 0.29) is 15.8 Å². The molecule has 0 saturated carbocycles. The lowest BCUT2D eigenvalue weighted by Crippen LogP contribution is -2.32. The van der Waals surface area contributed by atoms with Crippen molar-refractivity contribution in [1.29, 1.82) is 0 Å². The molecule has 0 aliphatic heterocycles. The zero-order chi connectivity index (χ0) is 9.07. The molecule has 0 fully saturated rings. The Morgan fingerprint density at radius 1 is 1.64 bits per heavy atom. The lowest BCUT2D eigenvalue weighted by molar-refractivity contribution is 0.539. The van der Waals surface area contributed by atoms with Gasteiger partial charge in [0.2, 0.25) is 0 Å². The van der Waals surface area contributed by atoms with Crippen LogP contribution in [0.15, 0.2) is 0 Å². The van der Waals surface area contributed by atoms with Crippen molar-refractivity contribution in [2.75, 3.05) is 5.75 Å². The van der Waals surface area contributed by atoms with Gasteiger partial charge >= 0.3 is 0 Å². The van der Waals surface area contributed by atoms with Crippen molar-refractivity contribution in [2.45, 2.75) is 31.6 Å². The summed E-state index contributed by atoms with van der Waals surface area (Å²) < 4.78 is 0.183. The lowest BCUT2D eigenvalue weighted by Gasteiger charge is -2.19. The zero-order valence-electron chi connectivity index (χ0n) is 7.13. The first-order chi connectivity index (χ1) is 4.83. The molecule has 0 aromatic rings. The molecule has 0 aliphatic carbocycles. The topological polar surface area (TPSA) is 46.2 Å². The lowest BCUT2D eigenvalue weighted by atomic mass is 10.3. The SMILES string of the molecule is CC(C)(C)SC[C@H](N)C(O)=S. The van der Waals surface area contributed by atoms with E-state index in [2.05, 4.69) is 33.0 Å². The van der Waals surface area contributed by atoms with Crippen molar-refractivity contribution in [3.63, 3.8) is 0 Å². The number of aliphatic hydroxyl groups is 1. The van der Waals surface area contributed by atoms with Crippen LogP contribution >= 0.6 is 24.0 Å². The van der Waals surface area contributed by atoms with Gasteiger partial charge in [0, 0.05) is 10.5 Å². The highest BCUT2D eigenvalue weighted by molar-refractivity contribution is 8.00. The van der Waals surface area contributed by atoms with Gasteiger partial charge in [0.25, 0.3) is 0 Å². The van der Waals surface area contributed by atoms with E-state index in [4.69, 9.17) is 10.8 Å². The Labute approximate surface area is 77.5 Å². The summed E-state index contributed by atoms with van der Waals surface area (Å²) in [5.41, 5.74) is 5.51. The molecule has 0 radical (unpaired) electrons. The van der Waals surface area contributed by atoms with Gasteiger partial charge < -0.3 is 10.8 Å². The van der Waals surface area contributed by atoms with Crippen LogP contribution in [0.4, 0.5) is 0 Å². The molecular weight excluding hydrogens is 178 g/mol. The van der Waals surface area contributed by atoms with Crippen molar-refractivity contribution in [2.24, 2.45) is 5.73 Å². The quantitative estimate of drug-likeness (QED) is 0.670. The Morgan fingerprint density at radius 2 is 2.09 bits per heavy atom. The molecule has 0 aromatic carbocycles. The number of aliphatic hydroxyl groups excluding tert-OH is 1. The first-order valence-electron chi connectivity index (χ1n) is 3.45. The minimum atomic E-state index is -0.366. The van der Waals surface area contributed by atoms with Gasteiger partial charge in [-0.1, -0.05) is 20.8 Å². The Balaban J connectivity index is 3.63. The van der Waals surface area contributed by atoms with Crippen molar-refractivity contribution in [3.8, 4) is 0 Å². The Hall–Kier alpha value is 0.200. The molecule has 4 heteroatoms. The smallest absolute Gasteiger partial charge is 0.174 e. The normalized spacial score (nSPS) is 14.5. The summed E-state index contributed by atoms with van der Waals surface area (Å²) in [6.45, 7) is 6.31. The summed E-state index contributed by atoms with van der Waals surface area (Å²) in [7, 11) is 0. The monoisotopic (exact) mass is 193 g/mol. The number of hydrogen-bond donors (Lipinski definition) is 2. The summed E-state index contributed by atoms with van der Waals surface area (Å²) in [5, 5.41) is 8.72. The fourth-order valence-electron chi connectivity index (χ4n) is 0.411. The van der Waals surface area contributed by atoms with Gasteiger partial charge in [-0.25, -0.2) is 0 Å². The number of nitrogens with two attached hydrogens (primary N) is 1. The highest BCUT2D eigenvalue weighted by Gasteiger charge is 2.14. The Kier molecular flexibility index (Phi) is 4.36. The maximum atomic E-state index is 8.81. The molecule has 0 amide bonds. The molecule has 0 rings (SSSR count). The van der Waals surface area contributed by atoms with Crippen LogP contribution in [0.2, 0.25) is 0 Å². The van der Waals surface area contributed by atoms with Crippen LogP contribution in [-0.4, -0.2) is 26.7 Å². The molecule has 0 unspecified atom stereocenters. The second kappa shape index (κ2) is 4.28. The van der Waals surface area contributed by atoms with Gasteiger partial charge in [0.05, 0.1) is 6.04 Å². The van der Waals surface area contributed by atoms with Gasteiger partial charge in [0.15, 0.2) is 5.05 Å². The zero-order valence-corrected chi connectivity index (χ0v) is 8.76. The number of thiocarbonyl (C=S) groups is 1. The van der Waals surface area contributed by atoms with Gasteiger partial charge in [-0.15, -0.1) is 0 Å². The number of rotatable bonds is 3. The predicted molar refractivity (Wildman–Crippen MR) is 55.4 cm³/mol. The minimum absolute atomic E-state index is 0.0956. The van der Waals surface area contributed by atoms with E-state index in [9.17, 15) is 0 Å². The van der Waals surface area contributed by atoms with Crippen LogP contribution in [-0.2, 0) is 0 Å². The van der Waals surface area contributed by atoms with Gasteiger partial charge in [-0.05, 0) is 12.2 Å². The van der Waals surface area contributed by atoms with Crippen LogP contribution in [0, 0.1) is 0 Å². The Bertz CT molecular complexity index is 142. The Morgan fingerprint density at radius 3 is 2.36 bits per heavy atom. The van der Waals surface area contributed by atoms with Crippen LogP contribution in [0.3, 0.4) is 0 Å². The summed E-state index contributed by atoms with van der Waals surface area (Å²) in [6, 6.07) is -0.366. The maximum Gasteiger partial charge on any atom is 0.174 e. The highest BCUT2D eigenvalue weighted by atomic mass is 32.2. The summed E-state index contributed by atoms with van der Waals surface area (Å²) in [5.74, 6) is 0.679. The van der Waals surface area contributed by atoms with E-state index in [1.165, 1.54) is 0 Å². The van der Waals surface area contributed by atoms with Crippen molar-refractivity contribution in [3.05, 3.63) is 0 Å². The van der Waals surface area contributed by atoms with Gasteiger partial charge in [-0.2, -0.15) is 11.8 Å². The van der Waals surface area contributed by atoms with Crippen LogP contribution in [0.5, 0.6) is 0 Å². The predicted octanol–water partition coefficient (Wildman–Crippen LogP) is 1.73. The molecule has 0 aliphatic rings. The van der Waals surface area contributed by atoms with Crippen LogP contribution < -0.4 is 5.73 Å². The molecule has 2 nitrogen and oxygen atoms in total. The standard InChI is InChI=1S/C7H15NOS2/c1-7(2,3)11-4-5(8)6(9)10/h5H,4,8H2,1-3H3,(H,9,10)/t5-/m0/s1. The molecule has 0 heterocycles. The first-order valence-corrected chi connectivity index (χ1v) is 4.84. The molecule has 0 bridgehead atoms. The summed E-state index contributed by atoms with van der Waals surface area (Å²) >= 11 is 6.22. The average molecular weight is 193 g/mol. The van der Waals surface area contributed by atoms with Crippen LogP contribution in [0.25, 0.3) is 0 Å². The second-order valence-corrected chi connectivity index (χ2v) is 5.63. The van der Waals surface area contributed by atoms with Crippen LogP contribution in [0.1, 0.15) is 20.8 Å². The first kappa shape index (κ1) is 11.2. The minimum Gasteiger partial charge on any atom is -0.501 e. The van der Waals surface area contributed by atoms with E-state index in [0.29, 0.717) is 5.75 Å². The third kappa shape index (κ3) is 6.59. The van der Waals surface area contributed by atoms with E-state index in [0.717, 1.165) is 0 Å². The molecule has 0 saturated heterocycles. The fourth-order valence-corrected chi connectivity index (χ4v) is 1.44. The van der Waals surface area contributed by atoms with E-state index < -0.39 is 0 Å². The molecule has 66 valence electrons. The molecule has 3 N–H and O–H groups in total. The average Bonchev–Trinajstić information content (AvgIpc) is 1.80. The fraction of sp³-hybridized carbons (Fsp3) is 0.857. The number of hydrogen-bond acceptors (Lipinski definition) is 3. The van der Waals surface area contributed by atoms with Gasteiger partial charge in [-0.3, -0.25) is 0 Å². The molecule has 0 spiro atoms. The van der Waals surface area contributed by atoms with E-state index in [1.54, 1.807) is 11.8 Å². The number of thioether (sulfide) groups is 1. The van der Waals surface area contributed by atoms with Crippen molar-refractivity contribution >= 4 is 29.0 Å². The third-order valence-corrected chi connectivity index (χ3v) is 2.71. The molecule has 11 heavy (non-hydrogen) atoms. The van der Waals surface area contributed by atoms with Gasteiger partial charge in [0.1, 0.15) is 0 Å². The molecular formula is C7H15NOS2. The van der Waals surface area contributed by atoms with Crippen molar-refractivity contribution < 1.29 is 5.11 Å². The summed E-state index contributed by atoms with van der Waals surface area (Å²) in [4.78, 5) is 0. The maximum absolute atomic E-state index is 8.81. The van der Waals surface area contributed by atoms with Crippen molar-refractivity contribution in [1.82, 2.24) is 0 Å². The molecule has 1 atom stereocenters. The molecule has 0 aromatic heterocycles. The highest BCUT2D eigenvalue weighted by Crippen LogP contribution is 2.23.